The largest absolute Gasteiger partial charge is 0.323 e. The summed E-state index contributed by atoms with van der Waals surface area (Å²) in [5.41, 5.74) is 2.38. The average Bonchev–Trinajstić information content (AvgIpc) is 3.64. The van der Waals surface area contributed by atoms with Crippen molar-refractivity contribution in [1.82, 2.24) is 19.1 Å². The molecule has 238 valence electrons. The molecule has 0 atom stereocenters. The smallest absolute Gasteiger partial charge is 0.179 e. The first-order valence-corrected chi connectivity index (χ1v) is 19.2. The van der Waals surface area contributed by atoms with E-state index in [9.17, 15) is 0 Å². The minimum absolute atomic E-state index is 0.0515. The Morgan fingerprint density at radius 3 is 1.04 bits per heavy atom. The fourth-order valence-corrected chi connectivity index (χ4v) is 9.20. The molecule has 0 fully saturated rings. The van der Waals surface area contributed by atoms with E-state index in [1.807, 2.05) is 0 Å². The molecule has 0 N–H and O–H groups in total. The number of rotatable bonds is 8. The first kappa shape index (κ1) is 35.1. The predicted octanol–water partition coefficient (Wildman–Crippen LogP) is 10.1. The highest BCUT2D eigenvalue weighted by Gasteiger charge is 2.24. The zero-order valence-corrected chi connectivity index (χ0v) is 31.0. The third kappa shape index (κ3) is 9.37. The van der Waals surface area contributed by atoms with E-state index in [0.717, 1.165) is 21.7 Å². The lowest BCUT2D eigenvalue weighted by Crippen LogP contribution is -2.20. The highest BCUT2D eigenvalue weighted by molar-refractivity contribution is 8.76. The number of imidazole rings is 2. The molecule has 2 aromatic heterocycles. The summed E-state index contributed by atoms with van der Waals surface area (Å²) in [6.45, 7) is 22.1. The molecule has 5 rings (SSSR count). The van der Waals surface area contributed by atoms with Gasteiger partial charge in [-0.3, -0.25) is 0 Å². The first-order valence-electron chi connectivity index (χ1n) is 15.7. The van der Waals surface area contributed by atoms with Crippen LogP contribution in [0.15, 0.2) is 114 Å². The van der Waals surface area contributed by atoms with Gasteiger partial charge in [0.15, 0.2) is 10.3 Å². The second kappa shape index (κ2) is 15.2. The van der Waals surface area contributed by atoms with E-state index in [1.165, 1.54) is 15.9 Å². The van der Waals surface area contributed by atoms with Crippen molar-refractivity contribution in [3.8, 4) is 0 Å². The standard InChI is InChI=1S/C20H34N4S2.C18H15P/c1-13(2)23-11-15(19(5,6)7)21-17(23)25-26-18-22-16(20(8,9)10)12-24(18)14(3)4;1-4-10-16(11-5-1)19(17-12-6-2-7-13-17)18-14-8-3-9-15-18/h11-14H,1-10H3;1-15H. The van der Waals surface area contributed by atoms with Gasteiger partial charge < -0.3 is 9.13 Å². The lowest BCUT2D eigenvalue weighted by Gasteiger charge is -2.18. The summed E-state index contributed by atoms with van der Waals surface area (Å²) in [4.78, 5) is 9.83. The fourth-order valence-electron chi connectivity index (χ4n) is 4.59. The summed E-state index contributed by atoms with van der Waals surface area (Å²) in [5, 5.41) is 6.29. The van der Waals surface area contributed by atoms with Crippen molar-refractivity contribution in [2.24, 2.45) is 0 Å². The van der Waals surface area contributed by atoms with Crippen molar-refractivity contribution in [2.75, 3.05) is 0 Å². The lowest BCUT2D eigenvalue weighted by molar-refractivity contribution is 0.547. The molecule has 0 unspecified atom stereocenters. The van der Waals surface area contributed by atoms with Gasteiger partial charge in [0.25, 0.3) is 0 Å². The minimum atomic E-state index is -0.446. The molecule has 0 saturated heterocycles. The van der Waals surface area contributed by atoms with Gasteiger partial charge in [-0.25, -0.2) is 9.97 Å². The Balaban J connectivity index is 0.000000214. The third-order valence-corrected chi connectivity index (χ3v) is 11.9. The van der Waals surface area contributed by atoms with Crippen molar-refractivity contribution in [3.63, 3.8) is 0 Å². The molecular weight excluding hydrogens is 608 g/mol. The molecule has 0 bridgehead atoms. The molecule has 5 aromatic rings. The second-order valence-corrected chi connectivity index (χ2v) is 18.1. The number of aromatic nitrogens is 4. The molecule has 4 nitrogen and oxygen atoms in total. The maximum atomic E-state index is 4.92. The van der Waals surface area contributed by atoms with Gasteiger partial charge >= 0.3 is 0 Å². The summed E-state index contributed by atoms with van der Waals surface area (Å²) in [5.74, 6) is 0. The van der Waals surface area contributed by atoms with Crippen LogP contribution in [0.25, 0.3) is 0 Å². The topological polar surface area (TPSA) is 35.6 Å². The van der Waals surface area contributed by atoms with Gasteiger partial charge in [-0.05, 0) is 73.1 Å². The van der Waals surface area contributed by atoms with E-state index < -0.39 is 7.92 Å². The van der Waals surface area contributed by atoms with Crippen LogP contribution in [-0.4, -0.2) is 19.1 Å². The maximum Gasteiger partial charge on any atom is 0.179 e. The number of hydrogen-bond acceptors (Lipinski definition) is 4. The Hall–Kier alpha value is -2.79. The first-order chi connectivity index (χ1) is 21.3. The summed E-state index contributed by atoms with van der Waals surface area (Å²) in [6, 6.07) is 33.1. The normalized spacial score (nSPS) is 12.1. The lowest BCUT2D eigenvalue weighted by atomic mass is 9.93. The second-order valence-electron chi connectivity index (χ2n) is 13.8. The van der Waals surface area contributed by atoms with Crippen LogP contribution < -0.4 is 15.9 Å². The average molecular weight is 657 g/mol. The third-order valence-electron chi connectivity index (χ3n) is 7.28. The molecule has 0 saturated carbocycles. The summed E-state index contributed by atoms with van der Waals surface area (Å²) in [7, 11) is 2.97. The number of benzene rings is 3. The van der Waals surface area contributed by atoms with Gasteiger partial charge in [-0.15, -0.1) is 0 Å². The molecule has 45 heavy (non-hydrogen) atoms. The van der Waals surface area contributed by atoms with Crippen LogP contribution in [0.4, 0.5) is 0 Å². The van der Waals surface area contributed by atoms with Gasteiger partial charge in [-0.2, -0.15) is 0 Å². The Bertz CT molecular complexity index is 1460. The maximum absolute atomic E-state index is 4.92. The molecule has 0 aliphatic heterocycles. The Morgan fingerprint density at radius 2 is 0.800 bits per heavy atom. The zero-order chi connectivity index (χ0) is 32.8. The van der Waals surface area contributed by atoms with E-state index in [4.69, 9.17) is 9.97 Å². The summed E-state index contributed by atoms with van der Waals surface area (Å²) in [6.07, 6.45) is 4.39. The monoisotopic (exact) mass is 656 g/mol. The van der Waals surface area contributed by atoms with E-state index in [-0.39, 0.29) is 10.8 Å². The molecular formula is C38H49N4PS2. The molecule has 0 aliphatic carbocycles. The van der Waals surface area contributed by atoms with Gasteiger partial charge in [0.05, 0.1) is 11.4 Å². The van der Waals surface area contributed by atoms with Crippen LogP contribution in [0.3, 0.4) is 0 Å². The number of hydrogen-bond donors (Lipinski definition) is 0. The van der Waals surface area contributed by atoms with Crippen LogP contribution in [0.1, 0.15) is 92.7 Å². The van der Waals surface area contributed by atoms with Crippen LogP contribution in [0.5, 0.6) is 0 Å². The van der Waals surface area contributed by atoms with Crippen molar-refractivity contribution in [3.05, 3.63) is 115 Å². The molecule has 3 aromatic carbocycles. The van der Waals surface area contributed by atoms with Gasteiger partial charge in [0, 0.05) is 35.3 Å². The highest BCUT2D eigenvalue weighted by atomic mass is 33.1. The quantitative estimate of drug-likeness (QED) is 0.123. The van der Waals surface area contributed by atoms with Crippen molar-refractivity contribution in [2.45, 2.75) is 102 Å². The van der Waals surface area contributed by atoms with Gasteiger partial charge in [-0.1, -0.05) is 133 Å². The summed E-state index contributed by atoms with van der Waals surface area (Å²) < 4.78 is 4.54. The molecule has 0 spiro atoms. The van der Waals surface area contributed by atoms with Crippen molar-refractivity contribution < 1.29 is 0 Å². The molecule has 7 heteroatoms. The Labute approximate surface area is 280 Å². The van der Waals surface area contributed by atoms with Crippen LogP contribution in [0, 0.1) is 0 Å². The molecule has 0 radical (unpaired) electrons. The van der Waals surface area contributed by atoms with Gasteiger partial charge in [0.2, 0.25) is 0 Å². The van der Waals surface area contributed by atoms with E-state index in [0.29, 0.717) is 12.1 Å². The number of nitrogens with zero attached hydrogens (tertiary/aromatic N) is 4. The fraction of sp³-hybridized carbons (Fsp3) is 0.368. The van der Waals surface area contributed by atoms with Crippen molar-refractivity contribution >= 4 is 45.4 Å². The van der Waals surface area contributed by atoms with Crippen LogP contribution in [-0.2, 0) is 10.8 Å². The Kier molecular flexibility index (Phi) is 11.8. The molecule has 0 aliphatic rings. The van der Waals surface area contributed by atoms with E-state index in [2.05, 4.69) is 182 Å². The van der Waals surface area contributed by atoms with Crippen LogP contribution in [0.2, 0.25) is 0 Å². The molecule has 2 heterocycles. The van der Waals surface area contributed by atoms with Crippen molar-refractivity contribution in [1.29, 1.82) is 0 Å². The predicted molar refractivity (Wildman–Crippen MR) is 199 cm³/mol. The minimum Gasteiger partial charge on any atom is -0.323 e. The van der Waals surface area contributed by atoms with E-state index >= 15 is 0 Å². The van der Waals surface area contributed by atoms with E-state index in [1.54, 1.807) is 21.6 Å². The van der Waals surface area contributed by atoms with Crippen LogP contribution >= 0.6 is 29.5 Å². The summed E-state index contributed by atoms with van der Waals surface area (Å²) >= 11 is 0. The highest BCUT2D eigenvalue weighted by Crippen LogP contribution is 2.40. The Morgan fingerprint density at radius 1 is 0.511 bits per heavy atom. The SMILES string of the molecule is CC(C)n1cc(C(C)(C)C)nc1SSc1nc(C(C)(C)C)cn1C(C)C.c1ccc(P(c2ccccc2)c2ccccc2)cc1. The molecule has 0 amide bonds. The zero-order valence-electron chi connectivity index (χ0n) is 28.5. The van der Waals surface area contributed by atoms with Gasteiger partial charge in [0.1, 0.15) is 0 Å².